The molecule has 0 amide bonds. The Hall–Kier alpha value is -0.940. The fraction of sp³-hybridized carbons (Fsp3) is 0.857. The van der Waals surface area contributed by atoms with Crippen LogP contribution in [0.1, 0.15) is 45.2 Å². The predicted octanol–water partition coefficient (Wildman–Crippen LogP) is 1.57. The summed E-state index contributed by atoms with van der Waals surface area (Å²) < 4.78 is 1.80. The molecule has 0 aromatic carbocycles. The molecule has 2 rings (SSSR count). The summed E-state index contributed by atoms with van der Waals surface area (Å²) in [5, 5.41) is 20.6. The number of rotatable bonds is 6. The molecule has 0 aliphatic heterocycles. The molecule has 1 heterocycles. The van der Waals surface area contributed by atoms with Crippen LogP contribution in [-0.4, -0.2) is 32.7 Å². The van der Waals surface area contributed by atoms with Gasteiger partial charge in [-0.1, -0.05) is 19.1 Å². The van der Waals surface area contributed by atoms with Crippen LogP contribution in [0.2, 0.25) is 0 Å². The molecule has 2 unspecified atom stereocenters. The number of hydrogen-bond donors (Lipinski definition) is 2. The van der Waals surface area contributed by atoms with Crippen LogP contribution in [-0.2, 0) is 13.1 Å². The van der Waals surface area contributed by atoms with E-state index in [0.717, 1.165) is 37.0 Å². The summed E-state index contributed by atoms with van der Waals surface area (Å²) in [7, 11) is 0. The molecule has 0 radical (unpaired) electrons. The molecule has 1 aromatic rings. The van der Waals surface area contributed by atoms with Crippen molar-refractivity contribution in [3.8, 4) is 0 Å². The lowest BCUT2D eigenvalue weighted by Crippen LogP contribution is -2.36. The molecule has 5 heteroatoms. The highest BCUT2D eigenvalue weighted by molar-refractivity contribution is 4.93. The van der Waals surface area contributed by atoms with Crippen molar-refractivity contribution in [2.24, 2.45) is 11.8 Å². The summed E-state index contributed by atoms with van der Waals surface area (Å²) in [6, 6.07) is 0.612. The molecule has 108 valence electrons. The van der Waals surface area contributed by atoms with E-state index in [4.69, 9.17) is 5.11 Å². The van der Waals surface area contributed by atoms with E-state index < -0.39 is 0 Å². The molecule has 1 saturated carbocycles. The van der Waals surface area contributed by atoms with Gasteiger partial charge in [-0.05, 0) is 37.5 Å². The summed E-state index contributed by atoms with van der Waals surface area (Å²) in [5.41, 5.74) is 0.990. The Labute approximate surface area is 115 Å². The van der Waals surface area contributed by atoms with E-state index in [1.165, 1.54) is 19.3 Å². The molecule has 5 nitrogen and oxygen atoms in total. The molecular weight excluding hydrogens is 240 g/mol. The Bertz CT molecular complexity index is 369. The molecule has 2 N–H and O–H groups in total. The number of hydrogen-bond acceptors (Lipinski definition) is 4. The van der Waals surface area contributed by atoms with Gasteiger partial charge in [0.1, 0.15) is 0 Å². The average molecular weight is 266 g/mol. The first kappa shape index (κ1) is 14.5. The first-order valence-corrected chi connectivity index (χ1v) is 7.40. The Morgan fingerprint density at radius 2 is 2.05 bits per heavy atom. The van der Waals surface area contributed by atoms with Crippen LogP contribution >= 0.6 is 0 Å². The van der Waals surface area contributed by atoms with Gasteiger partial charge in [0.15, 0.2) is 0 Å². The lowest BCUT2D eigenvalue weighted by atomic mass is 9.80. The maximum atomic E-state index is 8.78. The molecule has 0 saturated heterocycles. The quantitative estimate of drug-likeness (QED) is 0.820. The number of nitrogens with one attached hydrogen (secondary N) is 1. The number of nitrogens with zero attached hydrogens (tertiary/aromatic N) is 3. The second-order valence-corrected chi connectivity index (χ2v) is 6.05. The van der Waals surface area contributed by atoms with E-state index in [1.54, 1.807) is 4.68 Å². The van der Waals surface area contributed by atoms with Gasteiger partial charge >= 0.3 is 0 Å². The topological polar surface area (TPSA) is 63.0 Å². The Kier molecular flexibility index (Phi) is 5.34. The van der Waals surface area contributed by atoms with E-state index in [-0.39, 0.29) is 6.61 Å². The summed E-state index contributed by atoms with van der Waals surface area (Å²) >= 11 is 0. The van der Waals surface area contributed by atoms with Gasteiger partial charge in [-0.2, -0.15) is 0 Å². The first-order chi connectivity index (χ1) is 9.17. The van der Waals surface area contributed by atoms with Crippen LogP contribution in [0.4, 0.5) is 0 Å². The third kappa shape index (κ3) is 4.58. The Balaban J connectivity index is 1.76. The Morgan fingerprint density at radius 1 is 1.32 bits per heavy atom. The van der Waals surface area contributed by atoms with E-state index >= 15 is 0 Å². The van der Waals surface area contributed by atoms with Crippen LogP contribution in [0.5, 0.6) is 0 Å². The molecular formula is C14H26N4O. The SMILES string of the molecule is CC1CC(C)CC(NCc2cn(CCCO)nn2)C1. The fourth-order valence-corrected chi connectivity index (χ4v) is 3.12. The lowest BCUT2D eigenvalue weighted by molar-refractivity contribution is 0.237. The summed E-state index contributed by atoms with van der Waals surface area (Å²) in [6.45, 7) is 6.42. The van der Waals surface area contributed by atoms with E-state index in [1.807, 2.05) is 6.20 Å². The lowest BCUT2D eigenvalue weighted by Gasteiger charge is -2.31. The van der Waals surface area contributed by atoms with Gasteiger partial charge in [-0.15, -0.1) is 5.10 Å². The molecule has 1 aliphatic rings. The van der Waals surface area contributed by atoms with Gasteiger partial charge in [-0.25, -0.2) is 0 Å². The van der Waals surface area contributed by atoms with Crippen molar-refractivity contribution >= 4 is 0 Å². The largest absolute Gasteiger partial charge is 0.396 e. The average Bonchev–Trinajstić information content (AvgIpc) is 2.81. The molecule has 1 aliphatic carbocycles. The minimum atomic E-state index is 0.200. The van der Waals surface area contributed by atoms with Crippen molar-refractivity contribution < 1.29 is 5.11 Å². The number of aliphatic hydroxyl groups excluding tert-OH is 1. The van der Waals surface area contributed by atoms with Crippen molar-refractivity contribution in [1.82, 2.24) is 20.3 Å². The summed E-state index contributed by atoms with van der Waals surface area (Å²) in [5.74, 6) is 1.64. The van der Waals surface area contributed by atoms with Gasteiger partial charge in [0, 0.05) is 31.9 Å². The van der Waals surface area contributed by atoms with Crippen molar-refractivity contribution in [3.05, 3.63) is 11.9 Å². The standard InChI is InChI=1S/C14H26N4O/c1-11-6-12(2)8-13(7-11)15-9-14-10-18(17-16-14)4-3-5-19/h10-13,15,19H,3-9H2,1-2H3. The smallest absolute Gasteiger partial charge is 0.0964 e. The number of aryl methyl sites for hydroxylation is 1. The predicted molar refractivity (Wildman–Crippen MR) is 74.5 cm³/mol. The molecule has 0 spiro atoms. The highest BCUT2D eigenvalue weighted by Gasteiger charge is 2.23. The molecule has 1 aromatic heterocycles. The number of aliphatic hydroxyl groups is 1. The highest BCUT2D eigenvalue weighted by atomic mass is 16.3. The second-order valence-electron chi connectivity index (χ2n) is 6.05. The van der Waals surface area contributed by atoms with Crippen molar-refractivity contribution in [2.75, 3.05) is 6.61 Å². The monoisotopic (exact) mass is 266 g/mol. The van der Waals surface area contributed by atoms with Gasteiger partial charge < -0.3 is 10.4 Å². The van der Waals surface area contributed by atoms with Crippen LogP contribution < -0.4 is 5.32 Å². The van der Waals surface area contributed by atoms with Gasteiger partial charge in [0.2, 0.25) is 0 Å². The van der Waals surface area contributed by atoms with Crippen LogP contribution in [0.3, 0.4) is 0 Å². The van der Waals surface area contributed by atoms with E-state index in [0.29, 0.717) is 6.04 Å². The third-order valence-electron chi connectivity index (χ3n) is 3.88. The van der Waals surface area contributed by atoms with Crippen molar-refractivity contribution in [3.63, 3.8) is 0 Å². The van der Waals surface area contributed by atoms with Gasteiger partial charge in [0.05, 0.1) is 5.69 Å². The number of aromatic nitrogens is 3. The van der Waals surface area contributed by atoms with E-state index in [2.05, 4.69) is 29.5 Å². The Morgan fingerprint density at radius 3 is 2.74 bits per heavy atom. The normalized spacial score (nSPS) is 27.6. The minimum Gasteiger partial charge on any atom is -0.396 e. The minimum absolute atomic E-state index is 0.200. The van der Waals surface area contributed by atoms with Crippen LogP contribution in [0, 0.1) is 11.8 Å². The molecule has 0 bridgehead atoms. The van der Waals surface area contributed by atoms with Crippen molar-refractivity contribution in [1.29, 1.82) is 0 Å². The van der Waals surface area contributed by atoms with Gasteiger partial charge in [0.25, 0.3) is 0 Å². The molecule has 1 fully saturated rings. The zero-order valence-electron chi connectivity index (χ0n) is 12.0. The van der Waals surface area contributed by atoms with Crippen molar-refractivity contribution in [2.45, 2.75) is 58.7 Å². The maximum absolute atomic E-state index is 8.78. The highest BCUT2D eigenvalue weighted by Crippen LogP contribution is 2.28. The maximum Gasteiger partial charge on any atom is 0.0964 e. The third-order valence-corrected chi connectivity index (χ3v) is 3.88. The first-order valence-electron chi connectivity index (χ1n) is 7.40. The zero-order chi connectivity index (χ0) is 13.7. The van der Waals surface area contributed by atoms with E-state index in [9.17, 15) is 0 Å². The fourth-order valence-electron chi connectivity index (χ4n) is 3.12. The second kappa shape index (κ2) is 7.01. The summed E-state index contributed by atoms with van der Waals surface area (Å²) in [4.78, 5) is 0. The zero-order valence-corrected chi connectivity index (χ0v) is 12.0. The molecule has 2 atom stereocenters. The molecule has 19 heavy (non-hydrogen) atoms. The van der Waals surface area contributed by atoms with Crippen LogP contribution in [0.25, 0.3) is 0 Å². The van der Waals surface area contributed by atoms with Gasteiger partial charge in [-0.3, -0.25) is 4.68 Å². The van der Waals surface area contributed by atoms with Crippen LogP contribution in [0.15, 0.2) is 6.20 Å². The summed E-state index contributed by atoms with van der Waals surface area (Å²) in [6.07, 6.45) is 6.59.